The molecule has 10 nitrogen and oxygen atoms in total. The van der Waals surface area contributed by atoms with Crippen molar-refractivity contribution in [3.05, 3.63) is 69.2 Å². The number of rotatable bonds is 4. The topological polar surface area (TPSA) is 122 Å². The molecule has 1 saturated carbocycles. The minimum Gasteiger partial charge on any atom is -0.444 e. The standard InChI is InChI=1S/C28H27ClN6O4/c1-27(2,3)39-26(38)30-14-21-17-12-15(8-9-16(17)23(36)33-32-21)18-13-31-34(4)24(18)35-22-19(6-5-7-20(22)29)28(10-11-28)25(35)37/h5-9,12-13H,10-11,14H2,1-4H3,(H,30,38)(H,33,36). The molecule has 0 atom stereocenters. The Kier molecular flexibility index (Phi) is 5.58. The summed E-state index contributed by atoms with van der Waals surface area (Å²) in [5.41, 5.74) is 1.98. The maximum atomic E-state index is 13.8. The van der Waals surface area contributed by atoms with Crippen LogP contribution in [0.15, 0.2) is 47.4 Å². The van der Waals surface area contributed by atoms with Gasteiger partial charge >= 0.3 is 6.09 Å². The molecule has 2 N–H and O–H groups in total. The third kappa shape index (κ3) is 4.06. The van der Waals surface area contributed by atoms with Crippen LogP contribution >= 0.6 is 11.6 Å². The number of carbonyl (C=O) groups is 2. The van der Waals surface area contributed by atoms with Gasteiger partial charge in [-0.3, -0.25) is 19.2 Å². The smallest absolute Gasteiger partial charge is 0.407 e. The molecule has 1 aliphatic heterocycles. The summed E-state index contributed by atoms with van der Waals surface area (Å²) in [5, 5.41) is 15.3. The fraction of sp³-hybridized carbons (Fsp3) is 0.321. The molecule has 1 spiro atoms. The number of amides is 2. The van der Waals surface area contributed by atoms with Crippen molar-refractivity contribution in [3.63, 3.8) is 0 Å². The Bertz CT molecular complexity index is 1730. The van der Waals surface area contributed by atoms with Gasteiger partial charge in [-0.25, -0.2) is 9.89 Å². The molecule has 0 radical (unpaired) electrons. The van der Waals surface area contributed by atoms with Crippen LogP contribution in [-0.2, 0) is 28.5 Å². The number of ether oxygens (including phenoxy) is 1. The number of carbonyl (C=O) groups excluding carboxylic acids is 2. The highest BCUT2D eigenvalue weighted by molar-refractivity contribution is 6.36. The highest BCUT2D eigenvalue weighted by Gasteiger charge is 2.60. The fourth-order valence-electron chi connectivity index (χ4n) is 5.26. The summed E-state index contributed by atoms with van der Waals surface area (Å²) in [6, 6.07) is 11.0. The number of aromatic amines is 1. The zero-order valence-electron chi connectivity index (χ0n) is 22.0. The van der Waals surface area contributed by atoms with Gasteiger partial charge in [-0.2, -0.15) is 10.2 Å². The molecule has 39 heavy (non-hydrogen) atoms. The zero-order chi connectivity index (χ0) is 27.7. The van der Waals surface area contributed by atoms with Crippen molar-refractivity contribution in [2.75, 3.05) is 4.90 Å². The lowest BCUT2D eigenvalue weighted by Gasteiger charge is -2.21. The molecule has 2 amide bonds. The second kappa shape index (κ2) is 8.67. The minimum absolute atomic E-state index is 0.0170. The third-order valence-electron chi connectivity index (χ3n) is 7.19. The van der Waals surface area contributed by atoms with Crippen molar-refractivity contribution in [2.24, 2.45) is 7.05 Å². The van der Waals surface area contributed by atoms with E-state index in [0.29, 0.717) is 38.6 Å². The van der Waals surface area contributed by atoms with Gasteiger partial charge in [0.2, 0.25) is 5.91 Å². The van der Waals surface area contributed by atoms with Gasteiger partial charge < -0.3 is 10.1 Å². The lowest BCUT2D eigenvalue weighted by molar-refractivity contribution is -0.119. The molecular weight excluding hydrogens is 520 g/mol. The van der Waals surface area contributed by atoms with Crippen LogP contribution < -0.4 is 15.8 Å². The van der Waals surface area contributed by atoms with Crippen LogP contribution in [0.25, 0.3) is 21.9 Å². The largest absolute Gasteiger partial charge is 0.444 e. The van der Waals surface area contributed by atoms with Crippen LogP contribution in [0.5, 0.6) is 0 Å². The van der Waals surface area contributed by atoms with E-state index >= 15 is 0 Å². The second-order valence-electron chi connectivity index (χ2n) is 11.0. The Hall–Kier alpha value is -4.18. The minimum atomic E-state index is -0.651. The Labute approximate surface area is 228 Å². The number of fused-ring (bicyclic) bond motifs is 3. The Balaban J connectivity index is 1.43. The monoisotopic (exact) mass is 546 g/mol. The van der Waals surface area contributed by atoms with Crippen LogP contribution in [0.1, 0.15) is 44.9 Å². The number of nitrogens with one attached hydrogen (secondary N) is 2. The average molecular weight is 547 g/mol. The highest BCUT2D eigenvalue weighted by Crippen LogP contribution is 2.61. The first-order valence-electron chi connectivity index (χ1n) is 12.6. The van der Waals surface area contributed by atoms with E-state index in [2.05, 4.69) is 20.6 Å². The molecule has 2 aliphatic rings. The number of aromatic nitrogens is 4. The van der Waals surface area contributed by atoms with Crippen molar-refractivity contribution in [2.45, 2.75) is 51.2 Å². The first kappa shape index (κ1) is 25.1. The molecule has 0 unspecified atom stereocenters. The first-order chi connectivity index (χ1) is 18.5. The molecule has 3 heterocycles. The maximum absolute atomic E-state index is 13.8. The van der Waals surface area contributed by atoms with E-state index in [0.717, 1.165) is 24.0 Å². The summed E-state index contributed by atoms with van der Waals surface area (Å²) in [4.78, 5) is 40.3. The number of para-hydroxylation sites is 1. The van der Waals surface area contributed by atoms with Crippen LogP contribution in [0.3, 0.4) is 0 Å². The zero-order valence-corrected chi connectivity index (χ0v) is 22.7. The predicted octanol–water partition coefficient (Wildman–Crippen LogP) is 4.71. The molecule has 0 saturated heterocycles. The van der Waals surface area contributed by atoms with Crippen LogP contribution in [0.4, 0.5) is 16.3 Å². The second-order valence-corrected chi connectivity index (χ2v) is 11.4. The number of halogens is 1. The van der Waals surface area contributed by atoms with E-state index in [9.17, 15) is 14.4 Å². The number of nitrogens with zero attached hydrogens (tertiary/aromatic N) is 4. The highest BCUT2D eigenvalue weighted by atomic mass is 35.5. The summed E-state index contributed by atoms with van der Waals surface area (Å²) in [7, 11) is 1.78. The van der Waals surface area contributed by atoms with Gasteiger partial charge in [0.05, 0.1) is 39.9 Å². The van der Waals surface area contributed by atoms with Crippen molar-refractivity contribution in [1.29, 1.82) is 0 Å². The molecule has 0 bridgehead atoms. The lowest BCUT2D eigenvalue weighted by Crippen LogP contribution is -2.32. The average Bonchev–Trinajstić information content (AvgIpc) is 3.54. The third-order valence-corrected chi connectivity index (χ3v) is 7.49. The number of benzene rings is 2. The molecule has 1 aliphatic carbocycles. The van der Waals surface area contributed by atoms with Crippen LogP contribution in [-0.4, -0.2) is 37.6 Å². The van der Waals surface area contributed by atoms with Gasteiger partial charge in [0, 0.05) is 18.0 Å². The van der Waals surface area contributed by atoms with E-state index in [1.54, 1.807) is 55.7 Å². The summed E-state index contributed by atoms with van der Waals surface area (Å²) in [6.07, 6.45) is 2.66. The van der Waals surface area contributed by atoms with Crippen molar-refractivity contribution < 1.29 is 14.3 Å². The van der Waals surface area contributed by atoms with Gasteiger partial charge in [-0.1, -0.05) is 29.8 Å². The quantitative estimate of drug-likeness (QED) is 0.382. The summed E-state index contributed by atoms with van der Waals surface area (Å²) >= 11 is 6.65. The Morgan fingerprint density at radius 3 is 2.67 bits per heavy atom. The van der Waals surface area contributed by atoms with E-state index in [4.69, 9.17) is 16.3 Å². The molecule has 2 aromatic carbocycles. The van der Waals surface area contributed by atoms with E-state index in [1.807, 2.05) is 24.3 Å². The number of alkyl carbamates (subject to hydrolysis) is 1. The summed E-state index contributed by atoms with van der Waals surface area (Å²) < 4.78 is 6.98. The van der Waals surface area contributed by atoms with Gasteiger partial charge in [0.25, 0.3) is 5.56 Å². The normalized spacial score (nSPS) is 15.6. The van der Waals surface area contributed by atoms with Crippen molar-refractivity contribution in [3.8, 4) is 11.1 Å². The summed E-state index contributed by atoms with van der Waals surface area (Å²) in [6.45, 7) is 5.38. The fourth-order valence-corrected chi connectivity index (χ4v) is 5.52. The number of hydrogen-bond donors (Lipinski definition) is 2. The van der Waals surface area contributed by atoms with Crippen molar-refractivity contribution >= 4 is 45.9 Å². The van der Waals surface area contributed by atoms with Crippen LogP contribution in [0, 0.1) is 0 Å². The van der Waals surface area contributed by atoms with Gasteiger partial charge in [0.1, 0.15) is 11.4 Å². The molecule has 200 valence electrons. The molecule has 6 rings (SSSR count). The number of H-pyrrole nitrogens is 1. The number of aryl methyl sites for hydroxylation is 1. The van der Waals surface area contributed by atoms with E-state index < -0.39 is 17.1 Å². The number of hydrogen-bond acceptors (Lipinski definition) is 6. The maximum Gasteiger partial charge on any atom is 0.407 e. The lowest BCUT2D eigenvalue weighted by atomic mass is 9.98. The van der Waals surface area contributed by atoms with Crippen LogP contribution in [0.2, 0.25) is 5.02 Å². The van der Waals surface area contributed by atoms with E-state index in [1.165, 1.54) is 0 Å². The molecule has 11 heteroatoms. The van der Waals surface area contributed by atoms with Crippen molar-refractivity contribution in [1.82, 2.24) is 25.3 Å². The summed E-state index contributed by atoms with van der Waals surface area (Å²) in [5.74, 6) is 0.570. The van der Waals surface area contributed by atoms with Gasteiger partial charge in [-0.05, 0) is 62.9 Å². The predicted molar refractivity (Wildman–Crippen MR) is 147 cm³/mol. The Morgan fingerprint density at radius 2 is 1.95 bits per heavy atom. The number of anilines is 2. The molecular formula is C28H27ClN6O4. The molecule has 4 aromatic rings. The molecule has 1 fully saturated rings. The van der Waals surface area contributed by atoms with Gasteiger partial charge in [-0.15, -0.1) is 0 Å². The molecule has 2 aromatic heterocycles. The van der Waals surface area contributed by atoms with Gasteiger partial charge in [0.15, 0.2) is 0 Å². The Morgan fingerprint density at radius 1 is 1.18 bits per heavy atom. The SMILES string of the molecule is Cn1ncc(-c2ccc3c(=O)[nH]nc(CNC(=O)OC(C)(C)C)c3c2)c1N1C(=O)C2(CC2)c2cccc(Cl)c21. The first-order valence-corrected chi connectivity index (χ1v) is 13.0. The van der Waals surface area contributed by atoms with E-state index in [-0.39, 0.29) is 18.0 Å².